The van der Waals surface area contributed by atoms with Gasteiger partial charge in [0, 0.05) is 24.6 Å². The van der Waals surface area contributed by atoms with E-state index in [0.29, 0.717) is 18.8 Å². The molecule has 0 heterocycles. The lowest BCUT2D eigenvalue weighted by atomic mass is 9.92. The molecule has 0 spiro atoms. The number of alkyl halides is 2. The van der Waals surface area contributed by atoms with Crippen molar-refractivity contribution in [2.45, 2.75) is 57.4 Å². The van der Waals surface area contributed by atoms with Gasteiger partial charge >= 0.3 is 0 Å². The van der Waals surface area contributed by atoms with Crippen LogP contribution in [0.1, 0.15) is 51.0 Å². The van der Waals surface area contributed by atoms with Crippen LogP contribution in [-0.4, -0.2) is 12.0 Å². The predicted molar refractivity (Wildman–Crippen MR) is 71.4 cm³/mol. The fourth-order valence-electron chi connectivity index (χ4n) is 2.38. The monoisotopic (exact) mass is 253 g/mol. The summed E-state index contributed by atoms with van der Waals surface area (Å²) in [5.74, 6) is -1.92. The molecule has 1 aliphatic carbocycles. The molecule has 1 N–H and O–H groups in total. The molecule has 0 aliphatic heterocycles. The van der Waals surface area contributed by atoms with Gasteiger partial charge in [-0.2, -0.15) is 0 Å². The van der Waals surface area contributed by atoms with Crippen molar-refractivity contribution < 1.29 is 8.78 Å². The minimum absolute atomic E-state index is 0.00867. The number of hydrogen-bond acceptors (Lipinski definition) is 1. The third-order valence-electron chi connectivity index (χ3n) is 3.67. The van der Waals surface area contributed by atoms with Crippen LogP contribution in [0.3, 0.4) is 0 Å². The molecule has 1 saturated carbocycles. The third-order valence-corrected chi connectivity index (χ3v) is 3.67. The largest absolute Gasteiger partial charge is 0.382 e. The van der Waals surface area contributed by atoms with Gasteiger partial charge in [0.15, 0.2) is 0 Å². The highest BCUT2D eigenvalue weighted by Crippen LogP contribution is 2.34. The molecule has 0 bridgehead atoms. The molecule has 0 unspecified atom stereocenters. The van der Waals surface area contributed by atoms with Crippen LogP contribution in [0, 0.1) is 0 Å². The number of halogens is 2. The van der Waals surface area contributed by atoms with E-state index in [1.807, 2.05) is 12.1 Å². The summed E-state index contributed by atoms with van der Waals surface area (Å²) < 4.78 is 26.1. The van der Waals surface area contributed by atoms with Gasteiger partial charge in [0.05, 0.1) is 0 Å². The lowest BCUT2D eigenvalue weighted by Gasteiger charge is -2.29. The van der Waals surface area contributed by atoms with Gasteiger partial charge in [0.25, 0.3) is 0 Å². The van der Waals surface area contributed by atoms with Gasteiger partial charge in [-0.05, 0) is 36.5 Å². The highest BCUT2D eigenvalue weighted by atomic mass is 19.3. The van der Waals surface area contributed by atoms with E-state index < -0.39 is 5.92 Å². The second-order valence-electron chi connectivity index (χ2n) is 5.55. The van der Waals surface area contributed by atoms with Gasteiger partial charge in [-0.3, -0.25) is 0 Å². The first-order valence-electron chi connectivity index (χ1n) is 6.70. The molecule has 0 radical (unpaired) electrons. The summed E-state index contributed by atoms with van der Waals surface area (Å²) in [6.07, 6.45) is 1.13. The van der Waals surface area contributed by atoms with Gasteiger partial charge in [0.1, 0.15) is 0 Å². The first-order valence-corrected chi connectivity index (χ1v) is 6.70. The van der Waals surface area contributed by atoms with Crippen molar-refractivity contribution in [1.82, 2.24) is 0 Å². The molecule has 0 aromatic heterocycles. The summed E-state index contributed by atoms with van der Waals surface area (Å²) in [5, 5.41) is 3.35. The third kappa shape index (κ3) is 3.44. The maximum Gasteiger partial charge on any atom is 0.248 e. The molecule has 2 rings (SSSR count). The number of rotatable bonds is 3. The van der Waals surface area contributed by atoms with E-state index in [2.05, 4.69) is 31.3 Å². The molecular formula is C15H21F2N. The number of benzene rings is 1. The zero-order valence-corrected chi connectivity index (χ0v) is 11.0. The van der Waals surface area contributed by atoms with Crippen LogP contribution in [0.4, 0.5) is 14.5 Å². The van der Waals surface area contributed by atoms with Gasteiger partial charge in [0.2, 0.25) is 5.92 Å². The van der Waals surface area contributed by atoms with E-state index in [1.54, 1.807) is 0 Å². The Bertz CT molecular complexity index is 374. The molecule has 0 atom stereocenters. The maximum absolute atomic E-state index is 13.0. The molecule has 18 heavy (non-hydrogen) atoms. The standard InChI is InChI=1S/C15H21F2N/c1-11(2)12-3-5-13(6-4-12)18-14-7-9-15(16,17)10-8-14/h3-6,11,14,18H,7-10H2,1-2H3. The average Bonchev–Trinajstić information content (AvgIpc) is 2.33. The highest BCUT2D eigenvalue weighted by Gasteiger charge is 2.34. The highest BCUT2D eigenvalue weighted by molar-refractivity contribution is 5.46. The number of anilines is 1. The molecule has 0 amide bonds. The Balaban J connectivity index is 1.90. The van der Waals surface area contributed by atoms with Crippen molar-refractivity contribution >= 4 is 5.69 Å². The van der Waals surface area contributed by atoms with Crippen LogP contribution < -0.4 is 5.32 Å². The Labute approximate surface area is 108 Å². The van der Waals surface area contributed by atoms with Crippen LogP contribution in [0.5, 0.6) is 0 Å². The fourth-order valence-corrected chi connectivity index (χ4v) is 2.38. The summed E-state index contributed by atoms with van der Waals surface area (Å²) >= 11 is 0. The molecule has 1 aromatic rings. The smallest absolute Gasteiger partial charge is 0.248 e. The van der Waals surface area contributed by atoms with Gasteiger partial charge in [-0.1, -0.05) is 26.0 Å². The first-order chi connectivity index (χ1) is 8.46. The van der Waals surface area contributed by atoms with Crippen molar-refractivity contribution in [3.8, 4) is 0 Å². The topological polar surface area (TPSA) is 12.0 Å². The second kappa shape index (κ2) is 5.25. The van der Waals surface area contributed by atoms with Crippen molar-refractivity contribution in [3.05, 3.63) is 29.8 Å². The second-order valence-corrected chi connectivity index (χ2v) is 5.55. The molecule has 3 heteroatoms. The van der Waals surface area contributed by atoms with E-state index >= 15 is 0 Å². The van der Waals surface area contributed by atoms with Gasteiger partial charge in [-0.15, -0.1) is 0 Å². The SMILES string of the molecule is CC(C)c1ccc(NC2CCC(F)(F)CC2)cc1. The van der Waals surface area contributed by atoms with Gasteiger partial charge < -0.3 is 5.32 Å². The Morgan fingerprint density at radius 1 is 1.11 bits per heavy atom. The van der Waals surface area contributed by atoms with Crippen LogP contribution in [0.25, 0.3) is 0 Å². The minimum atomic E-state index is -2.44. The van der Waals surface area contributed by atoms with Crippen molar-refractivity contribution in [1.29, 1.82) is 0 Å². The van der Waals surface area contributed by atoms with Crippen LogP contribution in [-0.2, 0) is 0 Å². The van der Waals surface area contributed by atoms with E-state index in [9.17, 15) is 8.78 Å². The van der Waals surface area contributed by atoms with Crippen LogP contribution in [0.2, 0.25) is 0 Å². The fraction of sp³-hybridized carbons (Fsp3) is 0.600. The first kappa shape index (κ1) is 13.3. The van der Waals surface area contributed by atoms with Crippen molar-refractivity contribution in [2.75, 3.05) is 5.32 Å². The summed E-state index contributed by atoms with van der Waals surface area (Å²) in [5.41, 5.74) is 2.34. The van der Waals surface area contributed by atoms with E-state index in [1.165, 1.54) is 5.56 Å². The predicted octanol–water partition coefficient (Wildman–Crippen LogP) is 4.80. The molecule has 1 fully saturated rings. The zero-order chi connectivity index (χ0) is 13.2. The summed E-state index contributed by atoms with van der Waals surface area (Å²) in [4.78, 5) is 0. The van der Waals surface area contributed by atoms with E-state index in [-0.39, 0.29) is 18.9 Å². The molecule has 100 valence electrons. The summed E-state index contributed by atoms with van der Waals surface area (Å²) in [6, 6.07) is 8.48. The van der Waals surface area contributed by atoms with E-state index in [4.69, 9.17) is 0 Å². The van der Waals surface area contributed by atoms with Crippen molar-refractivity contribution in [2.24, 2.45) is 0 Å². The number of hydrogen-bond donors (Lipinski definition) is 1. The van der Waals surface area contributed by atoms with Gasteiger partial charge in [-0.25, -0.2) is 8.78 Å². The Morgan fingerprint density at radius 2 is 1.67 bits per heavy atom. The Morgan fingerprint density at radius 3 is 2.17 bits per heavy atom. The van der Waals surface area contributed by atoms with E-state index in [0.717, 1.165) is 5.69 Å². The molecular weight excluding hydrogens is 232 g/mol. The minimum Gasteiger partial charge on any atom is -0.382 e. The zero-order valence-electron chi connectivity index (χ0n) is 11.0. The van der Waals surface area contributed by atoms with Crippen LogP contribution >= 0.6 is 0 Å². The summed E-state index contributed by atoms with van der Waals surface area (Å²) in [6.45, 7) is 4.32. The molecule has 1 aliphatic rings. The molecule has 1 aromatic carbocycles. The average molecular weight is 253 g/mol. The van der Waals surface area contributed by atoms with Crippen molar-refractivity contribution in [3.63, 3.8) is 0 Å². The quantitative estimate of drug-likeness (QED) is 0.816. The summed E-state index contributed by atoms with van der Waals surface area (Å²) in [7, 11) is 0. The Hall–Kier alpha value is -1.12. The Kier molecular flexibility index (Phi) is 3.88. The van der Waals surface area contributed by atoms with Crippen LogP contribution in [0.15, 0.2) is 24.3 Å². The normalized spacial score (nSPS) is 20.1. The molecule has 0 saturated heterocycles. The number of nitrogens with one attached hydrogen (secondary N) is 1. The maximum atomic E-state index is 13.0. The lowest BCUT2D eigenvalue weighted by Crippen LogP contribution is -2.31. The lowest BCUT2D eigenvalue weighted by molar-refractivity contribution is -0.0360. The molecule has 1 nitrogen and oxygen atoms in total.